The number of hydrogen-bond acceptors (Lipinski definition) is 2. The molecule has 3 aromatic rings. The maximum atomic E-state index is 9.89. The summed E-state index contributed by atoms with van der Waals surface area (Å²) in [5.41, 5.74) is 3.15. The van der Waals surface area contributed by atoms with Crippen LogP contribution in [0, 0.1) is 0 Å². The Labute approximate surface area is 136 Å². The summed E-state index contributed by atoms with van der Waals surface area (Å²) < 4.78 is 0. The average Bonchev–Trinajstić information content (AvgIpc) is 2.61. The number of benzene rings is 3. The van der Waals surface area contributed by atoms with Gasteiger partial charge < -0.3 is 5.11 Å². The van der Waals surface area contributed by atoms with Crippen LogP contribution >= 0.6 is 0 Å². The zero-order valence-electron chi connectivity index (χ0n) is 12.8. The van der Waals surface area contributed by atoms with Gasteiger partial charge in [-0.2, -0.15) is 0 Å². The fourth-order valence-corrected chi connectivity index (χ4v) is 2.54. The third-order valence-corrected chi connectivity index (χ3v) is 3.79. The number of aromatic hydroxyl groups is 1. The normalized spacial score (nSPS) is 12.3. The molecule has 0 saturated heterocycles. The Bertz CT molecular complexity index is 766. The van der Waals surface area contributed by atoms with Crippen LogP contribution in [0.5, 0.6) is 5.75 Å². The second kappa shape index (κ2) is 7.41. The van der Waals surface area contributed by atoms with E-state index in [1.807, 2.05) is 54.6 Å². The molecular weight excluding hydrogens is 282 g/mol. The molecule has 0 fully saturated rings. The van der Waals surface area contributed by atoms with E-state index in [4.69, 9.17) is 4.99 Å². The van der Waals surface area contributed by atoms with E-state index < -0.39 is 0 Å². The molecule has 0 aliphatic rings. The molecular formula is C21H19NO. The Morgan fingerprint density at radius 3 is 2.09 bits per heavy atom. The van der Waals surface area contributed by atoms with E-state index >= 15 is 0 Å². The van der Waals surface area contributed by atoms with Crippen LogP contribution < -0.4 is 0 Å². The lowest BCUT2D eigenvalue weighted by atomic mass is 9.99. The largest absolute Gasteiger partial charge is 0.507 e. The van der Waals surface area contributed by atoms with Gasteiger partial charge in [-0.3, -0.25) is 4.99 Å². The highest BCUT2D eigenvalue weighted by atomic mass is 16.3. The first-order valence-corrected chi connectivity index (χ1v) is 7.73. The quantitative estimate of drug-likeness (QED) is 0.675. The number of aliphatic imine (C=N–C) groups is 1. The highest BCUT2D eigenvalue weighted by molar-refractivity contribution is 5.83. The van der Waals surface area contributed by atoms with Gasteiger partial charge in [0.2, 0.25) is 0 Å². The second-order valence-electron chi connectivity index (χ2n) is 5.45. The minimum atomic E-state index is 0.0261. The molecule has 1 atom stereocenters. The summed E-state index contributed by atoms with van der Waals surface area (Å²) in [5.74, 6) is 0.253. The zero-order valence-corrected chi connectivity index (χ0v) is 12.8. The molecule has 0 heterocycles. The van der Waals surface area contributed by atoms with Gasteiger partial charge in [0.1, 0.15) is 5.75 Å². The predicted molar refractivity (Wildman–Crippen MR) is 95.0 cm³/mol. The lowest BCUT2D eigenvalue weighted by molar-refractivity contribution is 0.474. The maximum absolute atomic E-state index is 9.89. The van der Waals surface area contributed by atoms with Gasteiger partial charge >= 0.3 is 0 Å². The summed E-state index contributed by atoms with van der Waals surface area (Å²) in [7, 11) is 0. The molecule has 0 aliphatic heterocycles. The van der Waals surface area contributed by atoms with E-state index in [0.29, 0.717) is 0 Å². The number of nitrogens with zero attached hydrogens (tertiary/aromatic N) is 1. The molecule has 0 bridgehead atoms. The van der Waals surface area contributed by atoms with Crippen molar-refractivity contribution in [2.45, 2.75) is 12.5 Å². The topological polar surface area (TPSA) is 32.6 Å². The molecule has 0 radical (unpaired) electrons. The maximum Gasteiger partial charge on any atom is 0.124 e. The smallest absolute Gasteiger partial charge is 0.124 e. The standard InChI is InChI=1S/C21H19NO/c23-21-14-8-7-13-19(21)16-22-20(18-11-5-2-6-12-18)15-17-9-3-1-4-10-17/h1-14,16,20,23H,15H2. The van der Waals surface area contributed by atoms with Gasteiger partial charge in [0.15, 0.2) is 0 Å². The van der Waals surface area contributed by atoms with Crippen LogP contribution in [0.15, 0.2) is 89.9 Å². The molecule has 3 aromatic carbocycles. The first-order valence-electron chi connectivity index (χ1n) is 7.73. The Balaban J connectivity index is 1.88. The molecule has 23 heavy (non-hydrogen) atoms. The molecule has 0 amide bonds. The second-order valence-corrected chi connectivity index (χ2v) is 5.45. The Morgan fingerprint density at radius 2 is 1.39 bits per heavy atom. The van der Waals surface area contributed by atoms with Crippen molar-refractivity contribution in [3.05, 3.63) is 102 Å². The predicted octanol–water partition coefficient (Wildman–Crippen LogP) is 4.80. The van der Waals surface area contributed by atoms with Gasteiger partial charge in [-0.05, 0) is 29.7 Å². The third kappa shape index (κ3) is 4.07. The number of rotatable bonds is 5. The van der Waals surface area contributed by atoms with Crippen molar-refractivity contribution in [1.82, 2.24) is 0 Å². The molecule has 0 aliphatic carbocycles. The summed E-state index contributed by atoms with van der Waals surface area (Å²) in [6.07, 6.45) is 2.59. The lowest BCUT2D eigenvalue weighted by Gasteiger charge is -2.13. The van der Waals surface area contributed by atoms with Crippen molar-refractivity contribution in [3.8, 4) is 5.75 Å². The van der Waals surface area contributed by atoms with Crippen molar-refractivity contribution >= 4 is 6.21 Å². The fourth-order valence-electron chi connectivity index (χ4n) is 2.54. The van der Waals surface area contributed by atoms with Crippen LogP contribution in [-0.2, 0) is 6.42 Å². The molecule has 0 spiro atoms. The third-order valence-electron chi connectivity index (χ3n) is 3.79. The molecule has 2 nitrogen and oxygen atoms in total. The van der Waals surface area contributed by atoms with Crippen molar-refractivity contribution in [2.24, 2.45) is 4.99 Å². The van der Waals surface area contributed by atoms with E-state index in [9.17, 15) is 5.11 Å². The number of phenolic OH excluding ortho intramolecular Hbond substituents is 1. The highest BCUT2D eigenvalue weighted by Gasteiger charge is 2.10. The van der Waals surface area contributed by atoms with Crippen LogP contribution in [0.2, 0.25) is 0 Å². The molecule has 114 valence electrons. The zero-order chi connectivity index (χ0) is 15.9. The Morgan fingerprint density at radius 1 is 0.783 bits per heavy atom. The Hall–Kier alpha value is -2.87. The number of hydrogen-bond donors (Lipinski definition) is 1. The summed E-state index contributed by atoms with van der Waals surface area (Å²) in [6.45, 7) is 0. The fraction of sp³-hybridized carbons (Fsp3) is 0.0952. The van der Waals surface area contributed by atoms with Crippen LogP contribution in [0.3, 0.4) is 0 Å². The summed E-state index contributed by atoms with van der Waals surface area (Å²) in [4.78, 5) is 4.74. The summed E-state index contributed by atoms with van der Waals surface area (Å²) in [6, 6.07) is 27.9. The molecule has 3 rings (SSSR count). The van der Waals surface area contributed by atoms with E-state index in [0.717, 1.165) is 12.0 Å². The van der Waals surface area contributed by atoms with Crippen LogP contribution in [0.4, 0.5) is 0 Å². The van der Waals surface area contributed by atoms with Gasteiger partial charge in [0.25, 0.3) is 0 Å². The van der Waals surface area contributed by atoms with E-state index in [2.05, 4.69) is 24.3 Å². The summed E-state index contributed by atoms with van der Waals surface area (Å²) in [5, 5.41) is 9.89. The molecule has 0 saturated carbocycles. The van der Waals surface area contributed by atoms with Gasteiger partial charge in [0.05, 0.1) is 6.04 Å². The highest BCUT2D eigenvalue weighted by Crippen LogP contribution is 2.23. The van der Waals surface area contributed by atoms with Crippen molar-refractivity contribution in [3.63, 3.8) is 0 Å². The van der Waals surface area contributed by atoms with Crippen LogP contribution in [0.25, 0.3) is 0 Å². The monoisotopic (exact) mass is 301 g/mol. The molecule has 1 unspecified atom stereocenters. The van der Waals surface area contributed by atoms with Crippen molar-refractivity contribution in [1.29, 1.82) is 0 Å². The lowest BCUT2D eigenvalue weighted by Crippen LogP contribution is -2.01. The van der Waals surface area contributed by atoms with Gasteiger partial charge in [-0.15, -0.1) is 0 Å². The summed E-state index contributed by atoms with van der Waals surface area (Å²) >= 11 is 0. The number of para-hydroxylation sites is 1. The molecule has 2 heteroatoms. The van der Waals surface area contributed by atoms with Gasteiger partial charge in [-0.25, -0.2) is 0 Å². The average molecular weight is 301 g/mol. The van der Waals surface area contributed by atoms with Gasteiger partial charge in [0, 0.05) is 11.8 Å². The SMILES string of the molecule is Oc1ccccc1C=NC(Cc1ccccc1)c1ccccc1. The van der Waals surface area contributed by atoms with Crippen molar-refractivity contribution < 1.29 is 5.11 Å². The van der Waals surface area contributed by atoms with E-state index in [1.54, 1.807) is 12.3 Å². The van der Waals surface area contributed by atoms with Gasteiger partial charge in [-0.1, -0.05) is 72.8 Å². The number of phenols is 1. The van der Waals surface area contributed by atoms with Crippen molar-refractivity contribution in [2.75, 3.05) is 0 Å². The van der Waals surface area contributed by atoms with Crippen LogP contribution in [-0.4, -0.2) is 11.3 Å². The van der Waals surface area contributed by atoms with E-state index in [-0.39, 0.29) is 11.8 Å². The first-order chi connectivity index (χ1) is 11.3. The van der Waals surface area contributed by atoms with E-state index in [1.165, 1.54) is 11.1 Å². The molecule has 0 aromatic heterocycles. The minimum absolute atomic E-state index is 0.0261. The Kier molecular flexibility index (Phi) is 4.85. The minimum Gasteiger partial charge on any atom is -0.507 e. The van der Waals surface area contributed by atoms with Crippen LogP contribution in [0.1, 0.15) is 22.7 Å². The first kappa shape index (κ1) is 15.0. The molecule has 1 N–H and O–H groups in total.